The van der Waals surface area contributed by atoms with E-state index < -0.39 is 0 Å². The number of ether oxygens (including phenoxy) is 1. The van der Waals surface area contributed by atoms with Crippen molar-refractivity contribution in [1.29, 1.82) is 0 Å². The van der Waals surface area contributed by atoms with E-state index in [4.69, 9.17) is 55.3 Å². The summed E-state index contributed by atoms with van der Waals surface area (Å²) in [6.45, 7) is 11.6. The van der Waals surface area contributed by atoms with Crippen LogP contribution in [0.1, 0.15) is 336 Å². The molecule has 0 bridgehead atoms. The maximum Gasteiger partial charge on any atom is 0.132 e. The lowest BCUT2D eigenvalue weighted by Crippen LogP contribution is -2.29. The Balaban J connectivity index is 0.000000118. The van der Waals surface area contributed by atoms with Gasteiger partial charge in [0.25, 0.3) is 0 Å². The molecule has 14 heteroatoms. The second-order valence-corrected chi connectivity index (χ2v) is 49.0. The van der Waals surface area contributed by atoms with E-state index in [1.807, 2.05) is 60.3 Å². The van der Waals surface area contributed by atoms with Gasteiger partial charge in [0.1, 0.15) is 11.5 Å². The minimum atomic E-state index is -0.387. The second-order valence-electron chi connectivity index (χ2n) is 41.9. The standard InChI is InChI=1S/C26H26OS2.C26H28S4.C26H26S3.2C26H28S2/c1-26(19-9-7-18(8-10-19)17-5-3-2-4-6-17)22-13-11-20(28)15-24(22)27-25-16-21(29)12-14-23(25)26;1-26(22-13-11-20(27)15-24(22)29,23-14-12-21(28)16-25(23)30)19-9-7-18(8-10-19)17-5-3-2-4-6-17;1-26(19-9-7-18(8-10-19)17-5-3-2-4-6-17)22-13-11-20(27)15-24(22)29-25-16-21(28)12-14-23(25)26;1-26(22-11-5-7-13-24(22)27,23-12-6-8-14-25(23)28)21-17-15-20(16-18-21)19-9-3-2-4-10-19;1-26(22-11-15-24(27)16-12-22,23-13-17-25(28)18-14-23)21-9-7-20(8-10-21)19-5-3-2-4-6-19/h7-17,28-29H,2-6H2,1H3;7-17,27-30H,2-6H2,1H3;7-17,27-28H,2-6H2,1H3;5-8,11-19,27-28H,2-4,9-10H2,1H3;7-19,27-28H,2-6H2,1H3. The predicted molar refractivity (Wildman–Crippen MR) is 645 cm³/mol. The van der Waals surface area contributed by atoms with E-state index in [0.717, 1.165) is 105 Å². The Morgan fingerprint density at radius 3 is 0.743 bits per heavy atom. The van der Waals surface area contributed by atoms with Crippen molar-refractivity contribution in [2.24, 2.45) is 0 Å². The van der Waals surface area contributed by atoms with E-state index >= 15 is 0 Å². The van der Waals surface area contributed by atoms with Crippen molar-refractivity contribution in [2.75, 3.05) is 0 Å². The summed E-state index contributed by atoms with van der Waals surface area (Å²) in [5.41, 5.74) is 25.0. The first-order chi connectivity index (χ1) is 69.7. The number of hydrogen-bond acceptors (Lipinski definition) is 14. The lowest BCUT2D eigenvalue weighted by atomic mass is 9.69. The average Bonchev–Trinajstić information content (AvgIpc) is 0.724. The molecule has 1 nitrogen and oxygen atoms in total. The Kier molecular flexibility index (Phi) is 35.4. The van der Waals surface area contributed by atoms with Gasteiger partial charge in [0.2, 0.25) is 0 Å². The summed E-state index contributed by atoms with van der Waals surface area (Å²) in [4.78, 5) is 14.1. The molecule has 0 radical (unpaired) electrons. The first kappa shape index (κ1) is 107. The van der Waals surface area contributed by atoms with Crippen molar-refractivity contribution in [1.82, 2.24) is 0 Å². The number of fused-ring (bicyclic) bond motifs is 4. The molecule has 15 aromatic carbocycles. The van der Waals surface area contributed by atoms with Crippen molar-refractivity contribution in [3.05, 3.63) is 439 Å². The fourth-order valence-corrected chi connectivity index (χ4v) is 29.4. The van der Waals surface area contributed by atoms with Gasteiger partial charge in [0.05, 0.1) is 0 Å². The van der Waals surface area contributed by atoms with Gasteiger partial charge in [-0.15, -0.1) is 152 Å². The lowest BCUT2D eigenvalue weighted by molar-refractivity contribution is 0.424. The molecule has 2 heterocycles. The summed E-state index contributed by atoms with van der Waals surface area (Å²) < 4.78 is 6.28. The van der Waals surface area contributed by atoms with Gasteiger partial charge in [-0.25, -0.2) is 0 Å². The first-order valence-electron chi connectivity index (χ1n) is 52.1. The smallest absolute Gasteiger partial charge is 0.132 e. The highest BCUT2D eigenvalue weighted by Crippen LogP contribution is 2.57. The van der Waals surface area contributed by atoms with Crippen LogP contribution in [0.3, 0.4) is 0 Å². The summed E-state index contributed by atoms with van der Waals surface area (Å²) in [5, 5.41) is 0. The van der Waals surface area contributed by atoms with Crippen LogP contribution >= 0.6 is 163 Å². The maximum atomic E-state index is 6.28. The molecule has 0 atom stereocenters. The molecule has 0 N–H and O–H groups in total. The second kappa shape index (κ2) is 47.9. The summed E-state index contributed by atoms with van der Waals surface area (Å²) in [6, 6.07) is 119. The summed E-state index contributed by atoms with van der Waals surface area (Å²) in [7, 11) is 0. The van der Waals surface area contributed by atoms with Crippen LogP contribution in [0.25, 0.3) is 0 Å². The van der Waals surface area contributed by atoms with Crippen LogP contribution < -0.4 is 4.74 Å². The molecule has 0 saturated heterocycles. The molecule has 144 heavy (non-hydrogen) atoms. The molecule has 0 aromatic heterocycles. The van der Waals surface area contributed by atoms with Crippen LogP contribution in [0.15, 0.2) is 396 Å². The molecule has 740 valence electrons. The van der Waals surface area contributed by atoms with Crippen molar-refractivity contribution < 1.29 is 4.74 Å². The predicted octanol–water partition coefficient (Wildman–Crippen LogP) is 39.5. The molecule has 5 saturated carbocycles. The van der Waals surface area contributed by atoms with Gasteiger partial charge in [-0.05, 0) is 338 Å². The van der Waals surface area contributed by atoms with Crippen LogP contribution in [0.2, 0.25) is 0 Å². The van der Waals surface area contributed by atoms with Gasteiger partial charge < -0.3 is 4.74 Å². The van der Waals surface area contributed by atoms with E-state index in [0.29, 0.717) is 5.92 Å². The number of benzene rings is 15. The van der Waals surface area contributed by atoms with Crippen LogP contribution in [0.5, 0.6) is 11.5 Å². The van der Waals surface area contributed by atoms with Crippen LogP contribution in [0.4, 0.5) is 0 Å². The highest BCUT2D eigenvalue weighted by molar-refractivity contribution is 7.99. The third-order valence-electron chi connectivity index (χ3n) is 33.1. The van der Waals surface area contributed by atoms with Crippen molar-refractivity contribution in [2.45, 2.75) is 320 Å². The van der Waals surface area contributed by atoms with Crippen molar-refractivity contribution in [3.8, 4) is 11.5 Å². The summed E-state index contributed by atoms with van der Waals surface area (Å²) in [5.74, 6) is 5.38. The topological polar surface area (TPSA) is 9.23 Å². The number of thiol groups is 12. The molecule has 22 rings (SSSR count). The van der Waals surface area contributed by atoms with Gasteiger partial charge in [-0.1, -0.05) is 326 Å². The fourth-order valence-electron chi connectivity index (χ4n) is 24.5. The number of rotatable bonds is 16. The van der Waals surface area contributed by atoms with Crippen molar-refractivity contribution in [3.63, 3.8) is 0 Å². The van der Waals surface area contributed by atoms with E-state index in [1.54, 1.807) is 0 Å². The van der Waals surface area contributed by atoms with Crippen LogP contribution in [-0.2, 0) is 27.1 Å². The first-order valence-corrected chi connectivity index (χ1v) is 58.3. The van der Waals surface area contributed by atoms with E-state index in [1.165, 1.54) is 270 Å². The third-order valence-corrected chi connectivity index (χ3v) is 38.0. The zero-order chi connectivity index (χ0) is 100. The maximum absolute atomic E-state index is 6.28. The zero-order valence-corrected chi connectivity index (χ0v) is 95.0. The minimum Gasteiger partial charge on any atom is -0.457 e. The van der Waals surface area contributed by atoms with Gasteiger partial charge >= 0.3 is 0 Å². The largest absolute Gasteiger partial charge is 0.457 e. The van der Waals surface area contributed by atoms with Gasteiger partial charge in [0.15, 0.2) is 0 Å². The zero-order valence-electron chi connectivity index (χ0n) is 83.4. The highest BCUT2D eigenvalue weighted by atomic mass is 32.2. The summed E-state index contributed by atoms with van der Waals surface area (Å²) in [6.07, 6.45) is 33.9. The molecule has 5 aliphatic carbocycles. The molecule has 7 aliphatic rings. The SMILES string of the molecule is CC(c1ccc(C2CCCCC2)cc1)(c1ccc(S)cc1S)c1ccc(S)cc1S.CC(c1ccc(C2CCCCC2)cc1)(c1ccccc1S)c1ccccc1S.CC(c1ccc(S)cc1)(c1ccc(S)cc1)c1ccc(C2CCCCC2)cc1.CC1(c2ccc(C3CCCCC3)cc2)c2ccc(S)cc2Oc2cc(S)ccc21.CC1(c2ccc(C3CCCCC3)cc2)c2ccc(S)cc2Sc2cc(S)ccc21. The van der Waals surface area contributed by atoms with Crippen LogP contribution in [-0.4, -0.2) is 0 Å². The highest BCUT2D eigenvalue weighted by Gasteiger charge is 2.44. The molecule has 5 fully saturated rings. The Morgan fingerprint density at radius 2 is 0.451 bits per heavy atom. The average molecular weight is 2130 g/mol. The normalized spacial score (nSPS) is 16.5. The molecular weight excluding hydrogens is 1990 g/mol. The monoisotopic (exact) mass is 2130 g/mol. The van der Waals surface area contributed by atoms with Gasteiger partial charge in [-0.3, -0.25) is 0 Å². The molecule has 0 amide bonds. The van der Waals surface area contributed by atoms with Gasteiger partial charge in [0, 0.05) is 107 Å². The molecular formula is C130H136OS13. The molecule has 0 unspecified atom stereocenters. The summed E-state index contributed by atoms with van der Waals surface area (Å²) >= 11 is 57.3. The molecule has 0 spiro atoms. The Hall–Kier alpha value is -7.35. The lowest BCUT2D eigenvalue weighted by Gasteiger charge is -2.38. The van der Waals surface area contributed by atoms with Crippen LogP contribution in [0, 0.1) is 0 Å². The molecule has 2 aliphatic heterocycles. The Morgan fingerprint density at radius 1 is 0.222 bits per heavy atom. The Bertz CT molecular complexity index is 6480. The van der Waals surface area contributed by atoms with E-state index in [-0.39, 0.29) is 27.1 Å². The number of hydrogen-bond donors (Lipinski definition) is 12. The third kappa shape index (κ3) is 23.4. The van der Waals surface area contributed by atoms with E-state index in [2.05, 4.69) is 415 Å². The fraction of sp³-hybridized carbons (Fsp3) is 0.308. The quantitative estimate of drug-likeness (QED) is 0.0347. The van der Waals surface area contributed by atoms with E-state index in [9.17, 15) is 0 Å². The van der Waals surface area contributed by atoms with Crippen molar-refractivity contribution >= 4 is 163 Å². The molecule has 15 aromatic rings. The minimum absolute atomic E-state index is 0.177. The Labute approximate surface area is 929 Å². The van der Waals surface area contributed by atoms with Gasteiger partial charge in [-0.2, -0.15) is 0 Å².